The van der Waals surface area contributed by atoms with E-state index in [0.717, 1.165) is 54.2 Å². The predicted octanol–water partition coefficient (Wildman–Crippen LogP) is 3.22. The average Bonchev–Trinajstić information content (AvgIpc) is 3.00. The molecule has 2 N–H and O–H groups in total. The number of pyridine rings is 2. The molecule has 0 spiro atoms. The Bertz CT molecular complexity index is 763. The molecule has 22 heavy (non-hydrogen) atoms. The molecule has 4 rings (SSSR count). The van der Waals surface area contributed by atoms with Crippen LogP contribution in [0.1, 0.15) is 12.8 Å². The van der Waals surface area contributed by atoms with Crippen LogP contribution in [0.4, 0.5) is 5.82 Å². The molecule has 0 aromatic carbocycles. The third-order valence-corrected chi connectivity index (χ3v) is 4.02. The molecular weight excluding hydrogens is 276 g/mol. The molecule has 1 saturated heterocycles. The van der Waals surface area contributed by atoms with E-state index in [1.54, 1.807) is 6.20 Å². The molecule has 1 aliphatic rings. The maximum absolute atomic E-state index is 5.39. The highest BCUT2D eigenvalue weighted by Crippen LogP contribution is 2.24. The lowest BCUT2D eigenvalue weighted by atomic mass is 10.1. The standard InChI is InChI=1S/C17H18N4O/c1-2-6-18-14(3-1)16-9-12-11-19-17(10-15(12)21-16)20-13-4-7-22-8-5-13/h1-3,6,9-11,13,21H,4-5,7-8H2,(H,19,20). The number of fused-ring (bicyclic) bond motifs is 1. The van der Waals surface area contributed by atoms with Gasteiger partial charge in [-0.05, 0) is 31.0 Å². The number of hydrogen-bond acceptors (Lipinski definition) is 4. The molecule has 0 bridgehead atoms. The van der Waals surface area contributed by atoms with E-state index in [2.05, 4.69) is 32.4 Å². The number of rotatable bonds is 3. The van der Waals surface area contributed by atoms with Crippen molar-refractivity contribution in [2.75, 3.05) is 18.5 Å². The molecule has 0 aliphatic carbocycles. The normalized spacial score (nSPS) is 16.0. The SMILES string of the molecule is c1ccc(-c2cc3cnc(NC4CCOCC4)cc3[nH]2)nc1. The molecule has 1 fully saturated rings. The summed E-state index contributed by atoms with van der Waals surface area (Å²) in [6.07, 6.45) is 5.77. The van der Waals surface area contributed by atoms with Crippen LogP contribution in [0.25, 0.3) is 22.3 Å². The van der Waals surface area contributed by atoms with Gasteiger partial charge in [0.25, 0.3) is 0 Å². The Morgan fingerprint density at radius 2 is 2.05 bits per heavy atom. The molecule has 0 amide bonds. The third-order valence-electron chi connectivity index (χ3n) is 4.02. The van der Waals surface area contributed by atoms with Crippen molar-refractivity contribution < 1.29 is 4.74 Å². The second-order valence-electron chi connectivity index (χ2n) is 5.59. The van der Waals surface area contributed by atoms with E-state index in [0.29, 0.717) is 6.04 Å². The van der Waals surface area contributed by atoms with Gasteiger partial charge in [0.15, 0.2) is 0 Å². The summed E-state index contributed by atoms with van der Waals surface area (Å²) in [5.74, 6) is 0.911. The van der Waals surface area contributed by atoms with Crippen LogP contribution in [0.15, 0.2) is 42.7 Å². The largest absolute Gasteiger partial charge is 0.381 e. The van der Waals surface area contributed by atoms with Gasteiger partial charge in [0.2, 0.25) is 0 Å². The Labute approximate surface area is 128 Å². The third kappa shape index (κ3) is 2.67. The van der Waals surface area contributed by atoms with Gasteiger partial charge in [0.05, 0.1) is 16.9 Å². The van der Waals surface area contributed by atoms with E-state index in [9.17, 15) is 0 Å². The number of aromatic nitrogens is 3. The highest BCUT2D eigenvalue weighted by molar-refractivity contribution is 5.86. The monoisotopic (exact) mass is 294 g/mol. The van der Waals surface area contributed by atoms with Crippen molar-refractivity contribution in [3.63, 3.8) is 0 Å². The van der Waals surface area contributed by atoms with Crippen LogP contribution in [-0.4, -0.2) is 34.2 Å². The first-order valence-electron chi connectivity index (χ1n) is 7.63. The van der Waals surface area contributed by atoms with Gasteiger partial charge in [-0.1, -0.05) is 6.07 Å². The highest BCUT2D eigenvalue weighted by Gasteiger charge is 2.14. The van der Waals surface area contributed by atoms with E-state index >= 15 is 0 Å². The van der Waals surface area contributed by atoms with Crippen molar-refractivity contribution in [3.05, 3.63) is 42.7 Å². The van der Waals surface area contributed by atoms with Crippen molar-refractivity contribution >= 4 is 16.7 Å². The molecule has 0 radical (unpaired) electrons. The van der Waals surface area contributed by atoms with Crippen LogP contribution < -0.4 is 5.32 Å². The lowest BCUT2D eigenvalue weighted by Gasteiger charge is -2.23. The zero-order valence-electron chi connectivity index (χ0n) is 12.2. The number of ether oxygens (including phenoxy) is 1. The van der Waals surface area contributed by atoms with Gasteiger partial charge in [-0.3, -0.25) is 4.98 Å². The molecule has 112 valence electrons. The summed E-state index contributed by atoms with van der Waals surface area (Å²) in [6, 6.07) is 10.5. The second kappa shape index (κ2) is 5.77. The van der Waals surface area contributed by atoms with Gasteiger partial charge in [-0.15, -0.1) is 0 Å². The topological polar surface area (TPSA) is 62.8 Å². The maximum atomic E-state index is 5.39. The van der Waals surface area contributed by atoms with E-state index < -0.39 is 0 Å². The number of nitrogens with one attached hydrogen (secondary N) is 2. The fourth-order valence-electron chi connectivity index (χ4n) is 2.82. The fraction of sp³-hybridized carbons (Fsp3) is 0.294. The number of nitrogens with zero attached hydrogens (tertiary/aromatic N) is 2. The van der Waals surface area contributed by atoms with Crippen LogP contribution in [0, 0.1) is 0 Å². The Morgan fingerprint density at radius 3 is 2.86 bits per heavy atom. The zero-order chi connectivity index (χ0) is 14.8. The Kier molecular flexibility index (Phi) is 3.48. The van der Waals surface area contributed by atoms with E-state index in [-0.39, 0.29) is 0 Å². The van der Waals surface area contributed by atoms with Crippen molar-refractivity contribution in [2.45, 2.75) is 18.9 Å². The number of anilines is 1. The minimum absolute atomic E-state index is 0.448. The molecule has 5 nitrogen and oxygen atoms in total. The first-order valence-corrected chi connectivity index (χ1v) is 7.63. The summed E-state index contributed by atoms with van der Waals surface area (Å²) in [5, 5.41) is 4.59. The lowest BCUT2D eigenvalue weighted by molar-refractivity contribution is 0.0904. The van der Waals surface area contributed by atoms with Crippen molar-refractivity contribution in [1.29, 1.82) is 0 Å². The zero-order valence-corrected chi connectivity index (χ0v) is 12.2. The molecule has 3 aromatic rings. The molecule has 4 heterocycles. The van der Waals surface area contributed by atoms with Crippen molar-refractivity contribution in [3.8, 4) is 11.4 Å². The summed E-state index contributed by atoms with van der Waals surface area (Å²) >= 11 is 0. The van der Waals surface area contributed by atoms with Gasteiger partial charge in [-0.25, -0.2) is 4.98 Å². The van der Waals surface area contributed by atoms with Gasteiger partial charge < -0.3 is 15.0 Å². The van der Waals surface area contributed by atoms with E-state index in [1.807, 2.05) is 24.4 Å². The molecule has 3 aromatic heterocycles. The van der Waals surface area contributed by atoms with Gasteiger partial charge in [0.1, 0.15) is 5.82 Å². The van der Waals surface area contributed by atoms with Crippen LogP contribution >= 0.6 is 0 Å². The summed E-state index contributed by atoms with van der Waals surface area (Å²) in [6.45, 7) is 1.65. The minimum atomic E-state index is 0.448. The van der Waals surface area contributed by atoms with Gasteiger partial charge in [-0.2, -0.15) is 0 Å². The van der Waals surface area contributed by atoms with Crippen molar-refractivity contribution in [2.24, 2.45) is 0 Å². The van der Waals surface area contributed by atoms with E-state index in [4.69, 9.17) is 4.74 Å². The summed E-state index contributed by atoms with van der Waals surface area (Å²) in [4.78, 5) is 12.3. The Balaban J connectivity index is 1.60. The molecule has 0 saturated carbocycles. The summed E-state index contributed by atoms with van der Waals surface area (Å²) < 4.78 is 5.39. The van der Waals surface area contributed by atoms with Crippen molar-refractivity contribution in [1.82, 2.24) is 15.0 Å². The molecule has 0 atom stereocenters. The lowest BCUT2D eigenvalue weighted by Crippen LogP contribution is -2.28. The van der Waals surface area contributed by atoms with E-state index in [1.165, 1.54) is 0 Å². The van der Waals surface area contributed by atoms with Gasteiger partial charge in [0, 0.05) is 43.1 Å². The Morgan fingerprint density at radius 1 is 1.14 bits per heavy atom. The minimum Gasteiger partial charge on any atom is -0.381 e. The molecule has 0 unspecified atom stereocenters. The first-order chi connectivity index (χ1) is 10.9. The molecule has 1 aliphatic heterocycles. The number of hydrogen-bond donors (Lipinski definition) is 2. The Hall–Kier alpha value is -2.40. The summed E-state index contributed by atoms with van der Waals surface area (Å²) in [7, 11) is 0. The number of H-pyrrole nitrogens is 1. The second-order valence-corrected chi connectivity index (χ2v) is 5.59. The highest BCUT2D eigenvalue weighted by atomic mass is 16.5. The first kappa shape index (κ1) is 13.3. The molecular formula is C17H18N4O. The number of aromatic amines is 1. The van der Waals surface area contributed by atoms with Gasteiger partial charge >= 0.3 is 0 Å². The van der Waals surface area contributed by atoms with Crippen LogP contribution in [0.3, 0.4) is 0 Å². The van der Waals surface area contributed by atoms with Crippen LogP contribution in [0.2, 0.25) is 0 Å². The smallest absolute Gasteiger partial charge is 0.128 e. The predicted molar refractivity (Wildman–Crippen MR) is 86.8 cm³/mol. The quantitative estimate of drug-likeness (QED) is 0.778. The maximum Gasteiger partial charge on any atom is 0.128 e. The molecule has 5 heteroatoms. The average molecular weight is 294 g/mol. The fourth-order valence-corrected chi connectivity index (χ4v) is 2.82. The summed E-state index contributed by atoms with van der Waals surface area (Å²) in [5.41, 5.74) is 3.03. The van der Waals surface area contributed by atoms with Crippen LogP contribution in [0.5, 0.6) is 0 Å². The van der Waals surface area contributed by atoms with Crippen LogP contribution in [-0.2, 0) is 4.74 Å².